The molecule has 20 heavy (non-hydrogen) atoms. The molecular weight excluding hydrogens is 274 g/mol. The molecule has 0 bridgehead atoms. The standard InChI is InChI=1S/C13H21N3O3Si/c1-3-17-20(18-4-2,12-8-11-15-16-14)19-13-9-6-5-7-10-13/h5-7,9-10H,3-4,8,11-12H2,1-2H3. The Hall–Kier alpha value is -1.53. The van der Waals surface area contributed by atoms with E-state index in [2.05, 4.69) is 10.0 Å². The van der Waals surface area contributed by atoms with Crippen molar-refractivity contribution >= 4 is 8.80 Å². The summed E-state index contributed by atoms with van der Waals surface area (Å²) in [6.45, 7) is 5.32. The second-order valence-corrected chi connectivity index (χ2v) is 6.67. The van der Waals surface area contributed by atoms with Crippen molar-refractivity contribution < 1.29 is 13.3 Å². The first-order valence-corrected chi connectivity index (χ1v) is 8.72. The maximum Gasteiger partial charge on any atom is 0.566 e. The van der Waals surface area contributed by atoms with Crippen LogP contribution in [0.5, 0.6) is 5.75 Å². The van der Waals surface area contributed by atoms with Crippen molar-refractivity contribution in [2.24, 2.45) is 5.11 Å². The second kappa shape index (κ2) is 9.38. The van der Waals surface area contributed by atoms with E-state index in [9.17, 15) is 0 Å². The lowest BCUT2D eigenvalue weighted by Crippen LogP contribution is -2.49. The first-order chi connectivity index (χ1) is 9.76. The van der Waals surface area contributed by atoms with Crippen LogP contribution < -0.4 is 4.43 Å². The monoisotopic (exact) mass is 295 g/mol. The summed E-state index contributed by atoms with van der Waals surface area (Å²) in [7, 11) is -2.77. The smallest absolute Gasteiger partial charge is 0.501 e. The van der Waals surface area contributed by atoms with E-state index in [4.69, 9.17) is 18.8 Å². The first-order valence-electron chi connectivity index (χ1n) is 6.79. The molecule has 0 radical (unpaired) electrons. The lowest BCUT2D eigenvalue weighted by Gasteiger charge is -2.29. The average molecular weight is 295 g/mol. The van der Waals surface area contributed by atoms with Gasteiger partial charge < -0.3 is 13.3 Å². The Bertz CT molecular complexity index is 418. The van der Waals surface area contributed by atoms with Gasteiger partial charge in [-0.1, -0.05) is 23.3 Å². The summed E-state index contributed by atoms with van der Waals surface area (Å²) in [5.74, 6) is 0.741. The summed E-state index contributed by atoms with van der Waals surface area (Å²) in [5.41, 5.74) is 8.31. The van der Waals surface area contributed by atoms with Crippen LogP contribution in [0.15, 0.2) is 35.4 Å². The zero-order valence-corrected chi connectivity index (χ0v) is 13.0. The molecule has 0 spiro atoms. The van der Waals surface area contributed by atoms with E-state index in [0.29, 0.717) is 32.2 Å². The van der Waals surface area contributed by atoms with Crippen LogP contribution in [0.4, 0.5) is 0 Å². The first kappa shape index (κ1) is 16.5. The van der Waals surface area contributed by atoms with Crippen LogP contribution in [0.1, 0.15) is 20.3 Å². The molecule has 1 aromatic rings. The van der Waals surface area contributed by atoms with Gasteiger partial charge in [0.15, 0.2) is 0 Å². The van der Waals surface area contributed by atoms with Crippen molar-refractivity contribution in [3.8, 4) is 5.75 Å². The van der Waals surface area contributed by atoms with Crippen molar-refractivity contribution in [1.29, 1.82) is 0 Å². The van der Waals surface area contributed by atoms with Gasteiger partial charge in [-0.3, -0.25) is 0 Å². The number of hydrogen-bond acceptors (Lipinski definition) is 4. The Balaban J connectivity index is 2.76. The fourth-order valence-electron chi connectivity index (χ4n) is 1.81. The molecule has 0 aliphatic rings. The molecule has 0 fully saturated rings. The molecule has 6 nitrogen and oxygen atoms in total. The van der Waals surface area contributed by atoms with Gasteiger partial charge in [-0.2, -0.15) is 0 Å². The number of hydrogen-bond donors (Lipinski definition) is 0. The van der Waals surface area contributed by atoms with Gasteiger partial charge in [-0.15, -0.1) is 0 Å². The third-order valence-electron chi connectivity index (χ3n) is 2.55. The number of para-hydroxylation sites is 1. The Morgan fingerprint density at radius 3 is 2.35 bits per heavy atom. The lowest BCUT2D eigenvalue weighted by atomic mass is 10.3. The summed E-state index contributed by atoms with van der Waals surface area (Å²) in [4.78, 5) is 2.75. The molecule has 0 unspecified atom stereocenters. The highest BCUT2D eigenvalue weighted by atomic mass is 28.4. The van der Waals surface area contributed by atoms with Crippen molar-refractivity contribution in [2.75, 3.05) is 19.8 Å². The van der Waals surface area contributed by atoms with E-state index in [0.717, 1.165) is 5.75 Å². The lowest BCUT2D eigenvalue weighted by molar-refractivity contribution is 0.116. The fourth-order valence-corrected chi connectivity index (χ4v) is 4.37. The van der Waals surface area contributed by atoms with Crippen molar-refractivity contribution in [3.05, 3.63) is 40.8 Å². The molecule has 1 aromatic carbocycles. The molecule has 0 saturated heterocycles. The third kappa shape index (κ3) is 5.62. The fraction of sp³-hybridized carbons (Fsp3) is 0.538. The normalized spacial score (nSPS) is 10.9. The summed E-state index contributed by atoms with van der Waals surface area (Å²) in [6, 6.07) is 10.1. The molecular formula is C13H21N3O3Si. The molecule has 0 aliphatic heterocycles. The quantitative estimate of drug-likeness (QED) is 0.217. The van der Waals surface area contributed by atoms with Crippen LogP contribution in [0.2, 0.25) is 6.04 Å². The summed E-state index contributed by atoms with van der Waals surface area (Å²) in [6.07, 6.45) is 0.684. The van der Waals surface area contributed by atoms with Crippen LogP contribution in [0.25, 0.3) is 10.4 Å². The molecule has 0 N–H and O–H groups in total. The van der Waals surface area contributed by atoms with E-state index in [-0.39, 0.29) is 0 Å². The largest absolute Gasteiger partial charge is 0.566 e. The molecule has 0 atom stereocenters. The van der Waals surface area contributed by atoms with Gasteiger partial charge in [0, 0.05) is 30.7 Å². The highest BCUT2D eigenvalue weighted by molar-refractivity contribution is 6.61. The summed E-state index contributed by atoms with van der Waals surface area (Å²) in [5, 5.41) is 3.54. The Labute approximate surface area is 120 Å². The van der Waals surface area contributed by atoms with E-state index >= 15 is 0 Å². The minimum Gasteiger partial charge on any atom is -0.501 e. The Morgan fingerprint density at radius 1 is 1.15 bits per heavy atom. The van der Waals surface area contributed by atoms with E-state index in [1.165, 1.54) is 0 Å². The van der Waals surface area contributed by atoms with Crippen LogP contribution in [0.3, 0.4) is 0 Å². The van der Waals surface area contributed by atoms with Gasteiger partial charge in [0.25, 0.3) is 0 Å². The number of rotatable bonds is 10. The maximum atomic E-state index is 8.31. The van der Waals surface area contributed by atoms with Gasteiger partial charge in [0.2, 0.25) is 0 Å². The molecule has 110 valence electrons. The van der Waals surface area contributed by atoms with Gasteiger partial charge in [0.1, 0.15) is 5.75 Å². The Morgan fingerprint density at radius 2 is 1.80 bits per heavy atom. The highest BCUT2D eigenvalue weighted by Crippen LogP contribution is 2.22. The minimum absolute atomic E-state index is 0.420. The number of nitrogens with zero attached hydrogens (tertiary/aromatic N) is 3. The van der Waals surface area contributed by atoms with Crippen LogP contribution >= 0.6 is 0 Å². The Kier molecular flexibility index (Phi) is 7.75. The topological polar surface area (TPSA) is 76.5 Å². The summed E-state index contributed by atoms with van der Waals surface area (Å²) >= 11 is 0. The minimum atomic E-state index is -2.77. The van der Waals surface area contributed by atoms with Gasteiger partial charge in [-0.25, -0.2) is 0 Å². The van der Waals surface area contributed by atoms with E-state index < -0.39 is 8.80 Å². The van der Waals surface area contributed by atoms with E-state index in [1.54, 1.807) is 0 Å². The van der Waals surface area contributed by atoms with Gasteiger partial charge in [0.05, 0.1) is 0 Å². The SMILES string of the molecule is CCO[Si](CCCN=[N+]=[N-])(OCC)Oc1ccccc1. The molecule has 7 heteroatoms. The third-order valence-corrected chi connectivity index (χ3v) is 5.52. The zero-order chi connectivity index (χ0) is 14.7. The van der Waals surface area contributed by atoms with E-state index in [1.807, 2.05) is 44.2 Å². The predicted molar refractivity (Wildman–Crippen MR) is 79.5 cm³/mol. The zero-order valence-electron chi connectivity index (χ0n) is 12.0. The van der Waals surface area contributed by atoms with Crippen molar-refractivity contribution in [3.63, 3.8) is 0 Å². The predicted octanol–water partition coefficient (Wildman–Crippen LogP) is 3.78. The van der Waals surface area contributed by atoms with Crippen molar-refractivity contribution in [1.82, 2.24) is 0 Å². The van der Waals surface area contributed by atoms with Gasteiger partial charge >= 0.3 is 8.80 Å². The molecule has 1 rings (SSSR count). The van der Waals surface area contributed by atoms with Crippen LogP contribution in [-0.4, -0.2) is 28.6 Å². The average Bonchev–Trinajstić information content (AvgIpc) is 2.45. The highest BCUT2D eigenvalue weighted by Gasteiger charge is 2.42. The van der Waals surface area contributed by atoms with Crippen molar-refractivity contribution in [2.45, 2.75) is 26.3 Å². The molecule has 0 heterocycles. The number of azide groups is 1. The second-order valence-electron chi connectivity index (χ2n) is 4.02. The summed E-state index contributed by atoms with van der Waals surface area (Å²) < 4.78 is 17.7. The van der Waals surface area contributed by atoms with Gasteiger partial charge in [-0.05, 0) is 37.9 Å². The molecule has 0 saturated carbocycles. The number of benzene rings is 1. The molecule has 0 aliphatic carbocycles. The molecule has 0 amide bonds. The van der Waals surface area contributed by atoms with Crippen LogP contribution in [-0.2, 0) is 8.85 Å². The maximum absolute atomic E-state index is 8.31. The molecule has 0 aromatic heterocycles. The van der Waals surface area contributed by atoms with Crippen LogP contribution in [0, 0.1) is 0 Å².